The standard InChI is InChI=1S/C5H9NO2/c1-3-8-6-4-5(2)7/h4H,3H2,1-2H3/b6-4+. The highest BCUT2D eigenvalue weighted by Gasteiger charge is 1.79. The first-order chi connectivity index (χ1) is 3.77. The van der Waals surface area contributed by atoms with Gasteiger partial charge in [0.15, 0.2) is 5.78 Å². The summed E-state index contributed by atoms with van der Waals surface area (Å²) >= 11 is 0. The van der Waals surface area contributed by atoms with Crippen molar-refractivity contribution in [3.05, 3.63) is 0 Å². The topological polar surface area (TPSA) is 38.7 Å². The van der Waals surface area contributed by atoms with Crippen molar-refractivity contribution in [1.82, 2.24) is 0 Å². The summed E-state index contributed by atoms with van der Waals surface area (Å²) in [4.78, 5) is 14.6. The van der Waals surface area contributed by atoms with Crippen LogP contribution in [0.5, 0.6) is 0 Å². The van der Waals surface area contributed by atoms with Crippen molar-refractivity contribution in [3.63, 3.8) is 0 Å². The Balaban J connectivity index is 3.20. The van der Waals surface area contributed by atoms with Crippen molar-refractivity contribution in [3.8, 4) is 0 Å². The molecule has 8 heavy (non-hydrogen) atoms. The molecule has 0 saturated carbocycles. The van der Waals surface area contributed by atoms with Gasteiger partial charge in [0.2, 0.25) is 0 Å². The van der Waals surface area contributed by atoms with Gasteiger partial charge in [0.1, 0.15) is 12.8 Å². The Morgan fingerprint density at radius 3 is 2.88 bits per heavy atom. The number of oxime groups is 1. The van der Waals surface area contributed by atoms with Crippen LogP contribution in [0.4, 0.5) is 0 Å². The molecule has 0 bridgehead atoms. The minimum Gasteiger partial charge on any atom is -0.396 e. The first-order valence-corrected chi connectivity index (χ1v) is 2.43. The van der Waals surface area contributed by atoms with Crippen LogP contribution in [0.25, 0.3) is 0 Å². The van der Waals surface area contributed by atoms with Crippen LogP contribution in [0.1, 0.15) is 13.8 Å². The Labute approximate surface area is 48.3 Å². The van der Waals surface area contributed by atoms with Crippen molar-refractivity contribution in [2.75, 3.05) is 6.61 Å². The average molecular weight is 115 g/mol. The Morgan fingerprint density at radius 2 is 2.50 bits per heavy atom. The Kier molecular flexibility index (Phi) is 3.84. The molecule has 0 radical (unpaired) electrons. The largest absolute Gasteiger partial charge is 0.396 e. The summed E-state index contributed by atoms with van der Waals surface area (Å²) in [5.41, 5.74) is 0. The second-order valence-electron chi connectivity index (χ2n) is 1.26. The first-order valence-electron chi connectivity index (χ1n) is 2.43. The zero-order valence-electron chi connectivity index (χ0n) is 5.05. The number of rotatable bonds is 3. The van der Waals surface area contributed by atoms with E-state index in [1.54, 1.807) is 6.92 Å². The third-order valence-corrected chi connectivity index (χ3v) is 0.438. The molecule has 0 rings (SSSR count). The summed E-state index contributed by atoms with van der Waals surface area (Å²) in [7, 11) is 0. The molecule has 0 aliphatic heterocycles. The number of carbonyl (C=O) groups excluding carboxylic acids is 1. The number of Topliss-reactive ketones (excluding diaryl/α,β-unsaturated/α-hetero) is 1. The summed E-state index contributed by atoms with van der Waals surface area (Å²) in [6, 6.07) is 0. The molecule has 46 valence electrons. The van der Waals surface area contributed by atoms with Crippen LogP contribution in [-0.4, -0.2) is 18.6 Å². The van der Waals surface area contributed by atoms with Crippen molar-refractivity contribution in [2.24, 2.45) is 5.16 Å². The highest BCUT2D eigenvalue weighted by atomic mass is 16.6. The van der Waals surface area contributed by atoms with Crippen LogP contribution in [0.2, 0.25) is 0 Å². The van der Waals surface area contributed by atoms with Crippen molar-refractivity contribution < 1.29 is 9.63 Å². The van der Waals surface area contributed by atoms with E-state index in [2.05, 4.69) is 9.99 Å². The van der Waals surface area contributed by atoms with E-state index in [1.165, 1.54) is 6.92 Å². The maximum Gasteiger partial charge on any atom is 0.174 e. The van der Waals surface area contributed by atoms with Crippen molar-refractivity contribution in [2.45, 2.75) is 13.8 Å². The molecule has 0 heterocycles. The highest BCUT2D eigenvalue weighted by molar-refractivity contribution is 6.26. The molecule has 0 aromatic rings. The number of carbonyl (C=O) groups is 1. The summed E-state index contributed by atoms with van der Waals surface area (Å²) < 4.78 is 0. The molecule has 3 heteroatoms. The van der Waals surface area contributed by atoms with Gasteiger partial charge in [-0.15, -0.1) is 0 Å². The summed E-state index contributed by atoms with van der Waals surface area (Å²) in [5.74, 6) is -0.0987. The molecule has 0 fully saturated rings. The number of nitrogens with zero attached hydrogens (tertiary/aromatic N) is 1. The van der Waals surface area contributed by atoms with Crippen molar-refractivity contribution in [1.29, 1.82) is 0 Å². The van der Waals surface area contributed by atoms with E-state index in [9.17, 15) is 4.79 Å². The third-order valence-electron chi connectivity index (χ3n) is 0.438. The van der Waals surface area contributed by atoms with Gasteiger partial charge >= 0.3 is 0 Å². The lowest BCUT2D eigenvalue weighted by molar-refractivity contribution is -0.110. The fourth-order valence-electron chi connectivity index (χ4n) is 0.186. The normalized spacial score (nSPS) is 9.75. The lowest BCUT2D eigenvalue weighted by Gasteiger charge is -1.86. The van der Waals surface area contributed by atoms with Crippen LogP contribution in [0, 0.1) is 0 Å². The van der Waals surface area contributed by atoms with E-state index < -0.39 is 0 Å². The molecule has 0 aromatic heterocycles. The van der Waals surface area contributed by atoms with E-state index in [1.807, 2.05) is 0 Å². The maximum absolute atomic E-state index is 10.1. The van der Waals surface area contributed by atoms with Gasteiger partial charge in [-0.1, -0.05) is 5.16 Å². The molecular formula is C5H9NO2. The molecule has 0 aromatic carbocycles. The minimum absolute atomic E-state index is 0.0987. The van der Waals surface area contributed by atoms with E-state index in [4.69, 9.17) is 0 Å². The van der Waals surface area contributed by atoms with E-state index in [-0.39, 0.29) is 5.78 Å². The molecular weight excluding hydrogens is 106 g/mol. The molecule has 0 saturated heterocycles. The molecule has 0 unspecified atom stereocenters. The third kappa shape index (κ3) is 5.14. The van der Waals surface area contributed by atoms with Gasteiger partial charge in [0.05, 0.1) is 0 Å². The lowest BCUT2D eigenvalue weighted by atomic mass is 10.5. The van der Waals surface area contributed by atoms with Gasteiger partial charge in [0.25, 0.3) is 0 Å². The van der Waals surface area contributed by atoms with Crippen LogP contribution >= 0.6 is 0 Å². The first kappa shape index (κ1) is 7.14. The van der Waals surface area contributed by atoms with Gasteiger partial charge in [-0.05, 0) is 6.92 Å². The summed E-state index contributed by atoms with van der Waals surface area (Å²) in [6.07, 6.45) is 1.14. The predicted molar refractivity (Wildman–Crippen MR) is 30.8 cm³/mol. The molecule has 0 spiro atoms. The smallest absolute Gasteiger partial charge is 0.174 e. The van der Waals surface area contributed by atoms with Gasteiger partial charge < -0.3 is 4.84 Å². The summed E-state index contributed by atoms with van der Waals surface area (Å²) in [5, 5.41) is 3.31. The zero-order chi connectivity index (χ0) is 6.41. The number of hydrogen-bond donors (Lipinski definition) is 0. The molecule has 0 N–H and O–H groups in total. The Bertz CT molecular complexity index is 98.6. The van der Waals surface area contributed by atoms with Crippen LogP contribution < -0.4 is 0 Å². The van der Waals surface area contributed by atoms with Gasteiger partial charge in [-0.2, -0.15) is 0 Å². The second-order valence-corrected chi connectivity index (χ2v) is 1.26. The monoisotopic (exact) mass is 115 g/mol. The minimum atomic E-state index is -0.0987. The summed E-state index contributed by atoms with van der Waals surface area (Å²) in [6.45, 7) is 3.73. The zero-order valence-corrected chi connectivity index (χ0v) is 5.05. The van der Waals surface area contributed by atoms with Crippen LogP contribution in [0.3, 0.4) is 0 Å². The number of hydrogen-bond acceptors (Lipinski definition) is 3. The van der Waals surface area contributed by atoms with Gasteiger partial charge in [-0.25, -0.2) is 0 Å². The highest BCUT2D eigenvalue weighted by Crippen LogP contribution is 1.70. The molecule has 3 nitrogen and oxygen atoms in total. The van der Waals surface area contributed by atoms with Crippen molar-refractivity contribution >= 4 is 12.0 Å². The Morgan fingerprint density at radius 1 is 1.88 bits per heavy atom. The van der Waals surface area contributed by atoms with E-state index >= 15 is 0 Å². The maximum atomic E-state index is 10.1. The fraction of sp³-hybridized carbons (Fsp3) is 0.600. The van der Waals surface area contributed by atoms with E-state index in [0.717, 1.165) is 6.21 Å². The Hall–Kier alpha value is -0.860. The van der Waals surface area contributed by atoms with Crippen LogP contribution in [0.15, 0.2) is 5.16 Å². The molecule has 0 amide bonds. The van der Waals surface area contributed by atoms with Crippen LogP contribution in [-0.2, 0) is 9.63 Å². The SMILES string of the molecule is CCO/N=C/C(C)=O. The molecule has 0 atom stereocenters. The molecule has 0 aliphatic rings. The number of ketones is 1. The van der Waals surface area contributed by atoms with Gasteiger partial charge in [0, 0.05) is 6.92 Å². The average Bonchev–Trinajstić information content (AvgIpc) is 1.66. The predicted octanol–water partition coefficient (Wildman–Crippen LogP) is 0.598. The lowest BCUT2D eigenvalue weighted by Crippen LogP contribution is -1.90. The van der Waals surface area contributed by atoms with Gasteiger partial charge in [-0.3, -0.25) is 4.79 Å². The quantitative estimate of drug-likeness (QED) is 0.399. The second kappa shape index (κ2) is 4.30. The van der Waals surface area contributed by atoms with E-state index in [0.29, 0.717) is 6.61 Å². The fourth-order valence-corrected chi connectivity index (χ4v) is 0.186. The molecule has 0 aliphatic carbocycles.